The average molecular weight is 347 g/mol. The molecule has 2 rings (SSSR count). The van der Waals surface area contributed by atoms with Crippen molar-refractivity contribution in [3.63, 3.8) is 0 Å². The number of benzene rings is 1. The number of sulfonamides is 1. The van der Waals surface area contributed by atoms with Crippen LogP contribution < -0.4 is 0 Å². The normalized spacial score (nSPS) is 24.7. The minimum atomic E-state index is -3.83. The number of aliphatic hydroxyl groups is 1. The van der Waals surface area contributed by atoms with E-state index in [2.05, 4.69) is 0 Å². The Morgan fingerprint density at radius 2 is 1.77 bits per heavy atom. The first kappa shape index (κ1) is 17.4. The summed E-state index contributed by atoms with van der Waals surface area (Å²) in [6, 6.07) is 5.59. The first-order valence-electron chi connectivity index (χ1n) is 7.20. The molecule has 0 radical (unpaired) electrons. The molecule has 1 N–H and O–H groups in total. The van der Waals surface area contributed by atoms with Crippen molar-refractivity contribution in [3.05, 3.63) is 29.8 Å². The number of nitrogens with zero attached hydrogens (tertiary/aromatic N) is 1. The van der Waals surface area contributed by atoms with Crippen LogP contribution in [0.5, 0.6) is 0 Å². The predicted molar refractivity (Wildman–Crippen MR) is 83.8 cm³/mol. The van der Waals surface area contributed by atoms with E-state index in [-0.39, 0.29) is 17.2 Å². The Balaban J connectivity index is 2.36. The van der Waals surface area contributed by atoms with Crippen molar-refractivity contribution in [2.24, 2.45) is 0 Å². The standard InChI is InChI=1S/C14H21NO5S2/c1-3-11-5-7-12(8-6-11)22(19,20)15(4-2)13-9-21(17,18)10-14(13)16/h5-8,13-14,16H,3-4,9-10H2,1-2H3/t13-,14+/m0/s1. The highest BCUT2D eigenvalue weighted by Crippen LogP contribution is 2.25. The van der Waals surface area contributed by atoms with Crippen LogP contribution in [0.1, 0.15) is 19.4 Å². The molecule has 6 nitrogen and oxygen atoms in total. The van der Waals surface area contributed by atoms with Gasteiger partial charge in [0, 0.05) is 6.54 Å². The van der Waals surface area contributed by atoms with Gasteiger partial charge in [-0.1, -0.05) is 26.0 Å². The van der Waals surface area contributed by atoms with Crippen LogP contribution in [0.2, 0.25) is 0 Å². The van der Waals surface area contributed by atoms with Gasteiger partial charge >= 0.3 is 0 Å². The van der Waals surface area contributed by atoms with Gasteiger partial charge in [0.05, 0.1) is 28.5 Å². The predicted octanol–water partition coefficient (Wildman–Crippen LogP) is 0.418. The SMILES string of the molecule is CCc1ccc(S(=O)(=O)N(CC)[C@H]2CS(=O)(=O)C[C@H]2O)cc1. The van der Waals surface area contributed by atoms with Gasteiger partial charge in [-0.3, -0.25) is 0 Å². The highest BCUT2D eigenvalue weighted by molar-refractivity contribution is 7.92. The van der Waals surface area contributed by atoms with E-state index in [1.54, 1.807) is 19.1 Å². The third-order valence-corrected chi connectivity index (χ3v) is 7.63. The molecule has 22 heavy (non-hydrogen) atoms. The molecule has 124 valence electrons. The molecule has 0 unspecified atom stereocenters. The zero-order valence-corrected chi connectivity index (χ0v) is 14.3. The average Bonchev–Trinajstić information content (AvgIpc) is 2.72. The third kappa shape index (κ3) is 3.34. The fraction of sp³-hybridized carbons (Fsp3) is 0.571. The van der Waals surface area contributed by atoms with Crippen molar-refractivity contribution in [1.82, 2.24) is 4.31 Å². The lowest BCUT2D eigenvalue weighted by atomic mass is 10.2. The first-order chi connectivity index (χ1) is 10.2. The molecule has 0 saturated carbocycles. The molecule has 1 aliphatic heterocycles. The van der Waals surface area contributed by atoms with E-state index in [1.807, 2.05) is 6.92 Å². The van der Waals surface area contributed by atoms with Crippen LogP contribution in [0.3, 0.4) is 0 Å². The van der Waals surface area contributed by atoms with Crippen LogP contribution >= 0.6 is 0 Å². The lowest BCUT2D eigenvalue weighted by Gasteiger charge is -2.28. The summed E-state index contributed by atoms with van der Waals surface area (Å²) in [5.74, 6) is -0.729. The zero-order chi connectivity index (χ0) is 16.5. The summed E-state index contributed by atoms with van der Waals surface area (Å²) in [4.78, 5) is 0.114. The van der Waals surface area contributed by atoms with Crippen molar-refractivity contribution in [1.29, 1.82) is 0 Å². The molecule has 1 aromatic carbocycles. The fourth-order valence-electron chi connectivity index (χ4n) is 2.70. The van der Waals surface area contributed by atoms with Gasteiger partial charge in [0.25, 0.3) is 0 Å². The molecule has 2 atom stereocenters. The molecule has 0 bridgehead atoms. The number of rotatable bonds is 5. The highest BCUT2D eigenvalue weighted by atomic mass is 32.2. The van der Waals surface area contributed by atoms with Crippen LogP contribution in [0.25, 0.3) is 0 Å². The van der Waals surface area contributed by atoms with Crippen molar-refractivity contribution < 1.29 is 21.9 Å². The van der Waals surface area contributed by atoms with Crippen LogP contribution in [-0.2, 0) is 26.3 Å². The number of aliphatic hydroxyl groups excluding tert-OH is 1. The zero-order valence-electron chi connectivity index (χ0n) is 12.6. The van der Waals surface area contributed by atoms with Crippen LogP contribution in [-0.4, -0.2) is 56.4 Å². The van der Waals surface area contributed by atoms with Gasteiger partial charge < -0.3 is 5.11 Å². The van der Waals surface area contributed by atoms with Crippen LogP contribution in [0.4, 0.5) is 0 Å². The highest BCUT2D eigenvalue weighted by Gasteiger charge is 2.44. The van der Waals surface area contributed by atoms with Crippen LogP contribution in [0.15, 0.2) is 29.2 Å². The quantitative estimate of drug-likeness (QED) is 0.833. The van der Waals surface area contributed by atoms with E-state index >= 15 is 0 Å². The van der Waals surface area contributed by atoms with Crippen molar-refractivity contribution >= 4 is 19.9 Å². The van der Waals surface area contributed by atoms with E-state index in [4.69, 9.17) is 0 Å². The second-order valence-electron chi connectivity index (χ2n) is 5.42. The number of likely N-dealkylation sites (N-methyl/N-ethyl adjacent to an activating group) is 1. The maximum absolute atomic E-state index is 12.7. The minimum Gasteiger partial charge on any atom is -0.390 e. The van der Waals surface area contributed by atoms with Crippen molar-refractivity contribution in [2.45, 2.75) is 37.3 Å². The molecular weight excluding hydrogens is 326 g/mol. The largest absolute Gasteiger partial charge is 0.390 e. The van der Waals surface area contributed by atoms with E-state index in [0.29, 0.717) is 0 Å². The summed E-state index contributed by atoms with van der Waals surface area (Å²) in [6.45, 7) is 3.71. The Morgan fingerprint density at radius 3 is 2.18 bits per heavy atom. The summed E-state index contributed by atoms with van der Waals surface area (Å²) in [6.07, 6.45) is -0.383. The fourth-order valence-corrected chi connectivity index (χ4v) is 6.26. The number of hydrogen-bond donors (Lipinski definition) is 1. The van der Waals surface area contributed by atoms with Crippen molar-refractivity contribution in [2.75, 3.05) is 18.1 Å². The monoisotopic (exact) mass is 347 g/mol. The molecule has 0 spiro atoms. The molecular formula is C14H21NO5S2. The van der Waals surface area contributed by atoms with Crippen molar-refractivity contribution in [3.8, 4) is 0 Å². The Labute approximate surface area is 131 Å². The van der Waals surface area contributed by atoms with Gasteiger partial charge in [0.15, 0.2) is 9.84 Å². The molecule has 0 aliphatic carbocycles. The van der Waals surface area contributed by atoms with E-state index in [1.165, 1.54) is 12.1 Å². The van der Waals surface area contributed by atoms with E-state index < -0.39 is 37.8 Å². The number of sulfone groups is 1. The van der Waals surface area contributed by atoms with Gasteiger partial charge in [-0.2, -0.15) is 4.31 Å². The maximum Gasteiger partial charge on any atom is 0.243 e. The molecule has 8 heteroatoms. The molecule has 1 saturated heterocycles. The third-order valence-electron chi connectivity index (χ3n) is 3.91. The van der Waals surface area contributed by atoms with E-state index in [0.717, 1.165) is 16.3 Å². The molecule has 1 aliphatic rings. The lowest BCUT2D eigenvalue weighted by molar-refractivity contribution is 0.130. The first-order valence-corrected chi connectivity index (χ1v) is 10.5. The summed E-state index contributed by atoms with van der Waals surface area (Å²) < 4.78 is 49.8. The summed E-state index contributed by atoms with van der Waals surface area (Å²) in [7, 11) is -7.24. The minimum absolute atomic E-state index is 0.106. The lowest BCUT2D eigenvalue weighted by Crippen LogP contribution is -2.46. The van der Waals surface area contributed by atoms with Gasteiger partial charge in [0.2, 0.25) is 10.0 Å². The number of hydrogen-bond acceptors (Lipinski definition) is 5. The van der Waals surface area contributed by atoms with Crippen LogP contribution in [0, 0.1) is 0 Å². The van der Waals surface area contributed by atoms with Gasteiger partial charge in [-0.25, -0.2) is 16.8 Å². The van der Waals surface area contributed by atoms with E-state index in [9.17, 15) is 21.9 Å². The maximum atomic E-state index is 12.7. The summed E-state index contributed by atoms with van der Waals surface area (Å²) in [5.41, 5.74) is 1.02. The number of aryl methyl sites for hydroxylation is 1. The molecule has 1 heterocycles. The van der Waals surface area contributed by atoms with Gasteiger partial charge in [-0.15, -0.1) is 0 Å². The molecule has 0 amide bonds. The van der Waals surface area contributed by atoms with Gasteiger partial charge in [0.1, 0.15) is 0 Å². The van der Waals surface area contributed by atoms with Gasteiger partial charge in [-0.05, 0) is 24.1 Å². The Morgan fingerprint density at radius 1 is 1.18 bits per heavy atom. The summed E-state index contributed by atoms with van der Waals surface area (Å²) >= 11 is 0. The molecule has 1 aromatic rings. The molecule has 1 fully saturated rings. The smallest absolute Gasteiger partial charge is 0.243 e. The second-order valence-corrected chi connectivity index (χ2v) is 9.46. The second kappa shape index (κ2) is 6.27. The topological polar surface area (TPSA) is 91.8 Å². The summed E-state index contributed by atoms with van der Waals surface area (Å²) in [5, 5.41) is 9.93. The Bertz CT molecular complexity index is 725. The molecule has 0 aromatic heterocycles. The Hall–Kier alpha value is -0.960. The Kier molecular flexibility index (Phi) is 4.96.